The Kier molecular flexibility index (Phi) is 5.47. The van der Waals surface area contributed by atoms with Crippen LogP contribution in [0.3, 0.4) is 0 Å². The normalized spacial score (nSPS) is 14.1. The summed E-state index contributed by atoms with van der Waals surface area (Å²) in [7, 11) is 0. The molecule has 1 unspecified atom stereocenters. The quantitative estimate of drug-likeness (QED) is 0.567. The first-order chi connectivity index (χ1) is 8.08. The van der Waals surface area contributed by atoms with Crippen LogP contribution in [0, 0.1) is 0 Å². The van der Waals surface area contributed by atoms with E-state index in [0.29, 0.717) is 5.41 Å². The van der Waals surface area contributed by atoms with Crippen molar-refractivity contribution in [2.45, 2.75) is 58.8 Å². The Hall–Kier alpha value is -1.04. The molecule has 1 aromatic carbocycles. The molecule has 0 aliphatic rings. The van der Waals surface area contributed by atoms with E-state index in [1.54, 1.807) is 0 Å². The number of allylic oxidation sites excluding steroid dienone is 2. The van der Waals surface area contributed by atoms with Crippen molar-refractivity contribution in [3.63, 3.8) is 0 Å². The molecule has 0 heterocycles. The number of rotatable bonds is 6. The highest BCUT2D eigenvalue weighted by Crippen LogP contribution is 2.33. The zero-order chi connectivity index (χ0) is 12.7. The first-order valence-corrected chi connectivity index (χ1v) is 6.77. The van der Waals surface area contributed by atoms with Crippen LogP contribution in [-0.2, 0) is 5.41 Å². The molecule has 17 heavy (non-hydrogen) atoms. The SMILES string of the molecule is CCCC(C)(CCC=C(C)C)c1ccccc1. The van der Waals surface area contributed by atoms with Gasteiger partial charge in [0, 0.05) is 0 Å². The lowest BCUT2D eigenvalue weighted by molar-refractivity contribution is 0.399. The van der Waals surface area contributed by atoms with Gasteiger partial charge in [-0.1, -0.05) is 62.2 Å². The Morgan fingerprint density at radius 2 is 1.76 bits per heavy atom. The van der Waals surface area contributed by atoms with Gasteiger partial charge in [-0.3, -0.25) is 0 Å². The topological polar surface area (TPSA) is 0 Å². The lowest BCUT2D eigenvalue weighted by atomic mass is 9.75. The molecule has 94 valence electrons. The molecule has 0 heteroatoms. The summed E-state index contributed by atoms with van der Waals surface area (Å²) in [5.41, 5.74) is 3.25. The average Bonchev–Trinajstić information content (AvgIpc) is 2.30. The third kappa shape index (κ3) is 4.38. The van der Waals surface area contributed by atoms with Crippen molar-refractivity contribution in [1.29, 1.82) is 0 Å². The second-order valence-electron chi connectivity index (χ2n) is 5.50. The molecule has 1 aromatic rings. The van der Waals surface area contributed by atoms with E-state index in [2.05, 4.69) is 64.1 Å². The molecule has 0 bridgehead atoms. The Labute approximate surface area is 107 Å². The predicted molar refractivity (Wildman–Crippen MR) is 77.4 cm³/mol. The van der Waals surface area contributed by atoms with Crippen LogP contribution in [0.5, 0.6) is 0 Å². The Morgan fingerprint density at radius 3 is 2.29 bits per heavy atom. The van der Waals surface area contributed by atoms with Gasteiger partial charge in [-0.2, -0.15) is 0 Å². The summed E-state index contributed by atoms with van der Waals surface area (Å²) in [6.07, 6.45) is 7.31. The minimum absolute atomic E-state index is 0.335. The van der Waals surface area contributed by atoms with Gasteiger partial charge < -0.3 is 0 Å². The maximum Gasteiger partial charge on any atom is -0.00724 e. The summed E-state index contributed by atoms with van der Waals surface area (Å²) >= 11 is 0. The molecule has 0 aliphatic heterocycles. The van der Waals surface area contributed by atoms with Gasteiger partial charge in [0.25, 0.3) is 0 Å². The smallest absolute Gasteiger partial charge is 0.00724 e. The van der Waals surface area contributed by atoms with Crippen LogP contribution in [0.15, 0.2) is 42.0 Å². The second kappa shape index (κ2) is 6.64. The Balaban J connectivity index is 2.79. The van der Waals surface area contributed by atoms with E-state index in [9.17, 15) is 0 Å². The van der Waals surface area contributed by atoms with Crippen LogP contribution >= 0.6 is 0 Å². The van der Waals surface area contributed by atoms with Gasteiger partial charge in [0.1, 0.15) is 0 Å². The van der Waals surface area contributed by atoms with Crippen LogP contribution in [0.2, 0.25) is 0 Å². The fraction of sp³-hybridized carbons (Fsp3) is 0.529. The van der Waals surface area contributed by atoms with E-state index in [-0.39, 0.29) is 0 Å². The number of hydrogen-bond donors (Lipinski definition) is 0. The molecule has 0 aromatic heterocycles. The standard InChI is InChI=1S/C17H26/c1-5-13-17(4,14-9-10-15(2)3)16-11-7-6-8-12-16/h6-8,10-12H,5,9,13-14H2,1-4H3. The molecule has 0 fully saturated rings. The van der Waals surface area contributed by atoms with Gasteiger partial charge in [-0.05, 0) is 44.1 Å². The van der Waals surface area contributed by atoms with Crippen molar-refractivity contribution < 1.29 is 0 Å². The van der Waals surface area contributed by atoms with Crippen molar-refractivity contribution >= 4 is 0 Å². The van der Waals surface area contributed by atoms with E-state index in [1.165, 1.54) is 36.8 Å². The highest BCUT2D eigenvalue weighted by Gasteiger charge is 2.24. The fourth-order valence-corrected chi connectivity index (χ4v) is 2.49. The van der Waals surface area contributed by atoms with E-state index >= 15 is 0 Å². The van der Waals surface area contributed by atoms with Crippen molar-refractivity contribution in [2.75, 3.05) is 0 Å². The Morgan fingerprint density at radius 1 is 1.12 bits per heavy atom. The summed E-state index contributed by atoms with van der Waals surface area (Å²) in [5, 5.41) is 0. The van der Waals surface area contributed by atoms with Gasteiger partial charge in [0.05, 0.1) is 0 Å². The molecule has 1 rings (SSSR count). The van der Waals surface area contributed by atoms with Crippen molar-refractivity contribution in [3.05, 3.63) is 47.5 Å². The first kappa shape index (κ1) is 14.0. The molecule has 0 amide bonds. The van der Waals surface area contributed by atoms with Crippen LogP contribution in [0.25, 0.3) is 0 Å². The highest BCUT2D eigenvalue weighted by molar-refractivity contribution is 5.24. The minimum Gasteiger partial charge on any atom is -0.0859 e. The minimum atomic E-state index is 0.335. The van der Waals surface area contributed by atoms with E-state index in [1.807, 2.05) is 0 Å². The van der Waals surface area contributed by atoms with Crippen LogP contribution < -0.4 is 0 Å². The van der Waals surface area contributed by atoms with Crippen molar-refractivity contribution in [1.82, 2.24) is 0 Å². The summed E-state index contributed by atoms with van der Waals surface area (Å²) in [6.45, 7) is 9.05. The molecule has 1 atom stereocenters. The van der Waals surface area contributed by atoms with Gasteiger partial charge >= 0.3 is 0 Å². The van der Waals surface area contributed by atoms with Crippen LogP contribution in [0.1, 0.15) is 58.9 Å². The van der Waals surface area contributed by atoms with Gasteiger partial charge in [0.15, 0.2) is 0 Å². The molecule has 0 nitrogen and oxygen atoms in total. The predicted octanol–water partition coefficient (Wildman–Crippen LogP) is 5.49. The van der Waals surface area contributed by atoms with Crippen molar-refractivity contribution in [2.24, 2.45) is 0 Å². The van der Waals surface area contributed by atoms with Gasteiger partial charge in [0.2, 0.25) is 0 Å². The summed E-state index contributed by atoms with van der Waals surface area (Å²) < 4.78 is 0. The van der Waals surface area contributed by atoms with Crippen molar-refractivity contribution in [3.8, 4) is 0 Å². The molecule has 0 N–H and O–H groups in total. The molecular formula is C17H26. The van der Waals surface area contributed by atoms with E-state index in [0.717, 1.165) is 0 Å². The molecule has 0 saturated heterocycles. The van der Waals surface area contributed by atoms with Crippen LogP contribution in [0.4, 0.5) is 0 Å². The molecule has 0 aliphatic carbocycles. The first-order valence-electron chi connectivity index (χ1n) is 6.77. The molecular weight excluding hydrogens is 204 g/mol. The Bertz CT molecular complexity index is 344. The fourth-order valence-electron chi connectivity index (χ4n) is 2.49. The van der Waals surface area contributed by atoms with E-state index < -0.39 is 0 Å². The number of hydrogen-bond acceptors (Lipinski definition) is 0. The summed E-state index contributed by atoms with van der Waals surface area (Å²) in [4.78, 5) is 0. The highest BCUT2D eigenvalue weighted by atomic mass is 14.3. The third-order valence-corrected chi connectivity index (χ3v) is 3.52. The average molecular weight is 230 g/mol. The molecule has 0 radical (unpaired) electrons. The summed E-state index contributed by atoms with van der Waals surface area (Å²) in [6, 6.07) is 11.0. The van der Waals surface area contributed by atoms with Gasteiger partial charge in [-0.15, -0.1) is 0 Å². The lowest BCUT2D eigenvalue weighted by Gasteiger charge is -2.29. The lowest BCUT2D eigenvalue weighted by Crippen LogP contribution is -2.21. The monoisotopic (exact) mass is 230 g/mol. The largest absolute Gasteiger partial charge is 0.0859 e. The zero-order valence-corrected chi connectivity index (χ0v) is 11.8. The summed E-state index contributed by atoms with van der Waals surface area (Å²) in [5.74, 6) is 0. The third-order valence-electron chi connectivity index (χ3n) is 3.52. The molecule has 0 saturated carbocycles. The maximum absolute atomic E-state index is 2.41. The molecule has 0 spiro atoms. The second-order valence-corrected chi connectivity index (χ2v) is 5.50. The van der Waals surface area contributed by atoms with E-state index in [4.69, 9.17) is 0 Å². The van der Waals surface area contributed by atoms with Crippen LogP contribution in [-0.4, -0.2) is 0 Å². The van der Waals surface area contributed by atoms with Gasteiger partial charge in [-0.25, -0.2) is 0 Å². The maximum atomic E-state index is 2.41. The zero-order valence-electron chi connectivity index (χ0n) is 11.8. The number of benzene rings is 1.